The molecule has 0 fully saturated rings. The van der Waals surface area contributed by atoms with Crippen LogP contribution in [0.15, 0.2) is 111 Å². The molecule has 0 spiro atoms. The van der Waals surface area contributed by atoms with Crippen molar-refractivity contribution in [3.05, 3.63) is 144 Å². The Morgan fingerprint density at radius 3 is 0.684 bits per heavy atom. The van der Waals surface area contributed by atoms with Crippen LogP contribution in [0.1, 0.15) is 104 Å². The molecular formula is C54H60N10O12. The van der Waals surface area contributed by atoms with Gasteiger partial charge in [0.1, 0.15) is 0 Å². The number of rotatable bonds is 27. The van der Waals surface area contributed by atoms with Crippen LogP contribution in [0.3, 0.4) is 0 Å². The summed E-state index contributed by atoms with van der Waals surface area (Å²) in [4.78, 5) is 112. The van der Waals surface area contributed by atoms with Crippen LogP contribution in [0.25, 0.3) is 0 Å². The van der Waals surface area contributed by atoms with Gasteiger partial charge in [0, 0.05) is 76.4 Å². The van der Waals surface area contributed by atoms with E-state index in [0.717, 1.165) is 0 Å². The summed E-state index contributed by atoms with van der Waals surface area (Å²) >= 11 is 0. The molecule has 0 aliphatic heterocycles. The topological polar surface area (TPSA) is 248 Å². The number of esters is 6. The molecule has 6 rings (SSSR count). The zero-order valence-corrected chi connectivity index (χ0v) is 43.2. The maximum absolute atomic E-state index is 13.2. The molecule has 0 aliphatic carbocycles. The summed E-state index contributed by atoms with van der Waals surface area (Å²) in [6.45, 7) is 12.3. The Balaban J connectivity index is 1.44. The van der Waals surface area contributed by atoms with Gasteiger partial charge in [-0.15, -0.1) is 0 Å². The fourth-order valence-electron chi connectivity index (χ4n) is 7.70. The van der Waals surface area contributed by atoms with Crippen LogP contribution in [0.4, 0.5) is 34.1 Å². The fraction of sp³-hybridized carbons (Fsp3) is 0.333. The Kier molecular flexibility index (Phi) is 21.0. The van der Waals surface area contributed by atoms with Crippen molar-refractivity contribution in [2.24, 2.45) is 0 Å². The van der Waals surface area contributed by atoms with E-state index >= 15 is 0 Å². The molecule has 398 valence electrons. The molecular weight excluding hydrogens is 981 g/mol. The second-order valence-corrected chi connectivity index (χ2v) is 16.2. The van der Waals surface area contributed by atoms with Crippen LogP contribution in [-0.2, 0) is 28.4 Å². The monoisotopic (exact) mass is 1040 g/mol. The summed E-state index contributed by atoms with van der Waals surface area (Å²) in [7, 11) is 0. The van der Waals surface area contributed by atoms with Crippen molar-refractivity contribution >= 4 is 69.9 Å². The summed E-state index contributed by atoms with van der Waals surface area (Å²) < 4.78 is 31.9. The maximum atomic E-state index is 13.2. The van der Waals surface area contributed by atoms with Gasteiger partial charge < -0.3 is 48.0 Å². The molecule has 0 aromatic carbocycles. The normalized spacial score (nSPS) is 10.7. The third-order valence-corrected chi connectivity index (χ3v) is 11.2. The lowest BCUT2D eigenvalue weighted by molar-refractivity contribution is 0.0516. The van der Waals surface area contributed by atoms with E-state index < -0.39 is 35.8 Å². The average molecular weight is 1040 g/mol. The first kappa shape index (κ1) is 56.2. The van der Waals surface area contributed by atoms with Crippen LogP contribution in [-0.4, -0.2) is 145 Å². The van der Waals surface area contributed by atoms with Crippen molar-refractivity contribution in [3.63, 3.8) is 0 Å². The maximum Gasteiger partial charge on any atom is 0.339 e. The standard InChI is InChI=1S/C54H60N10O12/c1-7-71-49(65)37-19-43(31-55-25-37)61(15-17-63(45-21-39(27-57-33-45)51(67)73-9-3)46-22-40(28-58-34-46)52(68)74-10-4)13-14-62(44-20-38(26-56-32-44)50(66)72-8-2)16-18-64(47-23-41(29-59-35-47)53(69)75-11-5)48-24-42(30-60-36-48)54(70)76-12-6/h19-36H,7-18H2,1-6H3. The zero-order valence-electron chi connectivity index (χ0n) is 43.2. The SMILES string of the molecule is CCOC(=O)c1cncc(N(CCN(CCN(c2cncc(C(=O)OCC)c2)c2cncc(C(=O)OCC)c2)c2cncc(C(=O)OCC)c2)CCN(c2cncc(C(=O)OCC)c2)c2cncc(C(=O)OCC)c2)c1. The second-order valence-electron chi connectivity index (χ2n) is 16.2. The molecule has 6 aromatic heterocycles. The minimum absolute atomic E-state index is 0.136. The minimum atomic E-state index is -0.579. The molecule has 0 saturated heterocycles. The van der Waals surface area contributed by atoms with Gasteiger partial charge >= 0.3 is 35.8 Å². The van der Waals surface area contributed by atoms with Crippen molar-refractivity contribution in [2.75, 3.05) is 98.5 Å². The molecule has 0 unspecified atom stereocenters. The van der Waals surface area contributed by atoms with Gasteiger partial charge in [0.05, 0.1) is 144 Å². The van der Waals surface area contributed by atoms with E-state index in [0.29, 0.717) is 34.1 Å². The third-order valence-electron chi connectivity index (χ3n) is 11.2. The predicted octanol–water partition coefficient (Wildman–Crippen LogP) is 7.11. The number of aromatic nitrogens is 6. The molecule has 0 N–H and O–H groups in total. The Morgan fingerprint density at radius 2 is 0.474 bits per heavy atom. The minimum Gasteiger partial charge on any atom is -0.462 e. The lowest BCUT2D eigenvalue weighted by Gasteiger charge is -2.34. The highest BCUT2D eigenvalue weighted by Gasteiger charge is 2.23. The van der Waals surface area contributed by atoms with Gasteiger partial charge in [-0.1, -0.05) is 0 Å². The van der Waals surface area contributed by atoms with E-state index in [1.165, 1.54) is 37.2 Å². The van der Waals surface area contributed by atoms with E-state index in [1.807, 2.05) is 19.6 Å². The van der Waals surface area contributed by atoms with E-state index in [9.17, 15) is 28.8 Å². The van der Waals surface area contributed by atoms with Crippen LogP contribution < -0.4 is 19.6 Å². The molecule has 6 aromatic rings. The lowest BCUT2D eigenvalue weighted by Crippen LogP contribution is -2.41. The van der Waals surface area contributed by atoms with E-state index in [-0.39, 0.29) is 112 Å². The predicted molar refractivity (Wildman–Crippen MR) is 280 cm³/mol. The van der Waals surface area contributed by atoms with Crippen molar-refractivity contribution in [1.29, 1.82) is 0 Å². The Morgan fingerprint density at radius 1 is 0.289 bits per heavy atom. The molecule has 0 atom stereocenters. The summed E-state index contributed by atoms with van der Waals surface area (Å²) in [5.41, 5.74) is 4.12. The first-order valence-electron chi connectivity index (χ1n) is 24.7. The lowest BCUT2D eigenvalue weighted by atomic mass is 10.2. The summed E-state index contributed by atoms with van der Waals surface area (Å²) in [5, 5.41) is 0. The number of hydrogen-bond donors (Lipinski definition) is 0. The molecule has 6 heterocycles. The van der Waals surface area contributed by atoms with Crippen molar-refractivity contribution in [1.82, 2.24) is 29.9 Å². The zero-order chi connectivity index (χ0) is 54.4. The molecule has 22 heteroatoms. The van der Waals surface area contributed by atoms with Crippen LogP contribution in [0.2, 0.25) is 0 Å². The molecule has 0 radical (unpaired) electrons. The third kappa shape index (κ3) is 15.2. The second kappa shape index (κ2) is 28.4. The smallest absolute Gasteiger partial charge is 0.339 e. The highest BCUT2D eigenvalue weighted by molar-refractivity contribution is 5.94. The van der Waals surface area contributed by atoms with Gasteiger partial charge in [-0.25, -0.2) is 28.8 Å². The van der Waals surface area contributed by atoms with Gasteiger partial charge in [-0.3, -0.25) is 29.9 Å². The van der Waals surface area contributed by atoms with Crippen LogP contribution in [0, 0.1) is 0 Å². The van der Waals surface area contributed by atoms with Gasteiger partial charge in [0.25, 0.3) is 0 Å². The molecule has 0 amide bonds. The fourth-order valence-corrected chi connectivity index (χ4v) is 7.70. The number of pyridine rings is 6. The summed E-state index contributed by atoms with van der Waals surface area (Å²) in [6, 6.07) is 9.85. The first-order chi connectivity index (χ1) is 36.9. The average Bonchev–Trinajstić information content (AvgIpc) is 3.44. The van der Waals surface area contributed by atoms with E-state index in [4.69, 9.17) is 28.4 Å². The highest BCUT2D eigenvalue weighted by Crippen LogP contribution is 2.30. The van der Waals surface area contributed by atoms with Gasteiger partial charge in [-0.2, -0.15) is 0 Å². The number of nitrogens with zero attached hydrogens (tertiary/aromatic N) is 10. The number of anilines is 6. The molecule has 76 heavy (non-hydrogen) atoms. The van der Waals surface area contributed by atoms with Gasteiger partial charge in [-0.05, 0) is 77.9 Å². The number of hydrogen-bond acceptors (Lipinski definition) is 22. The Labute approximate surface area is 439 Å². The van der Waals surface area contributed by atoms with Crippen molar-refractivity contribution in [2.45, 2.75) is 41.5 Å². The molecule has 22 nitrogen and oxygen atoms in total. The van der Waals surface area contributed by atoms with Gasteiger partial charge in [0.15, 0.2) is 0 Å². The van der Waals surface area contributed by atoms with Gasteiger partial charge in [0.2, 0.25) is 0 Å². The number of carbonyl (C=O) groups is 6. The largest absolute Gasteiger partial charge is 0.462 e. The molecule has 0 saturated carbocycles. The first-order valence-corrected chi connectivity index (χ1v) is 24.7. The number of carbonyl (C=O) groups excluding carboxylic acids is 6. The quantitative estimate of drug-likeness (QED) is 0.0368. The van der Waals surface area contributed by atoms with E-state index in [2.05, 4.69) is 29.9 Å². The molecule has 0 aliphatic rings. The highest BCUT2D eigenvalue weighted by atomic mass is 16.5. The van der Waals surface area contributed by atoms with Crippen LogP contribution >= 0.6 is 0 Å². The number of ether oxygens (including phenoxy) is 6. The van der Waals surface area contributed by atoms with Crippen molar-refractivity contribution in [3.8, 4) is 0 Å². The Bertz CT molecular complexity index is 2640. The van der Waals surface area contributed by atoms with Crippen LogP contribution in [0.5, 0.6) is 0 Å². The summed E-state index contributed by atoms with van der Waals surface area (Å²) in [6.07, 6.45) is 17.9. The Hall–Kier alpha value is -9.08. The summed E-state index contributed by atoms with van der Waals surface area (Å²) in [5.74, 6) is -3.47. The van der Waals surface area contributed by atoms with E-state index in [1.54, 1.807) is 115 Å². The molecule has 0 bridgehead atoms. The van der Waals surface area contributed by atoms with Crippen molar-refractivity contribution < 1.29 is 57.2 Å².